The molecule has 2 fully saturated rings. The van der Waals surface area contributed by atoms with Gasteiger partial charge in [-0.15, -0.1) is 11.3 Å². The third kappa shape index (κ3) is 3.80. The minimum atomic E-state index is -0.457. The number of thiophene rings is 1. The highest BCUT2D eigenvalue weighted by Gasteiger charge is 2.37. The molecule has 1 aromatic carbocycles. The van der Waals surface area contributed by atoms with E-state index in [1.807, 2.05) is 24.0 Å². The zero-order valence-corrected chi connectivity index (χ0v) is 18.6. The number of nitrogen functional groups attached to an aromatic ring is 1. The van der Waals surface area contributed by atoms with Crippen LogP contribution in [0.5, 0.6) is 0 Å². The molecular formula is C23H25F2N5OS. The molecule has 0 bridgehead atoms. The molecule has 2 aliphatic heterocycles. The summed E-state index contributed by atoms with van der Waals surface area (Å²) in [5.74, 6) is -0.728. The van der Waals surface area contributed by atoms with Crippen LogP contribution in [0.3, 0.4) is 0 Å². The van der Waals surface area contributed by atoms with Gasteiger partial charge < -0.3 is 21.3 Å². The average Bonchev–Trinajstić information content (AvgIpc) is 3.44. The van der Waals surface area contributed by atoms with E-state index in [9.17, 15) is 13.6 Å². The lowest BCUT2D eigenvalue weighted by Gasteiger charge is -2.21. The van der Waals surface area contributed by atoms with E-state index >= 15 is 0 Å². The molecule has 2 atom stereocenters. The van der Waals surface area contributed by atoms with Gasteiger partial charge in [-0.2, -0.15) is 0 Å². The van der Waals surface area contributed by atoms with Crippen molar-refractivity contribution in [1.29, 1.82) is 0 Å². The molecule has 4 heterocycles. The second-order valence-electron chi connectivity index (χ2n) is 8.57. The van der Waals surface area contributed by atoms with E-state index in [0.717, 1.165) is 30.6 Å². The number of hydrogen-bond acceptors (Lipinski definition) is 6. The largest absolute Gasteiger partial charge is 0.397 e. The smallest absolute Gasteiger partial charge is 0.263 e. The lowest BCUT2D eigenvalue weighted by atomic mass is 10.1. The Balaban J connectivity index is 1.24. The SMILES string of the molecule is Cc1ccc2c(N)c(C(=O)NCCc3cc(F)c(N4C[C@H]5CCN[C@H]5C4)cc3F)sc2n1. The molecule has 2 aliphatic rings. The minimum absolute atomic E-state index is 0.173. The third-order valence-electron chi connectivity index (χ3n) is 6.44. The fourth-order valence-electron chi connectivity index (χ4n) is 4.71. The van der Waals surface area contributed by atoms with Crippen molar-refractivity contribution < 1.29 is 13.6 Å². The molecule has 5 rings (SSSR count). The Labute approximate surface area is 188 Å². The molecule has 0 saturated carbocycles. The van der Waals surface area contributed by atoms with Crippen LogP contribution in [0.15, 0.2) is 24.3 Å². The molecule has 168 valence electrons. The van der Waals surface area contributed by atoms with Gasteiger partial charge in [0.05, 0.1) is 11.4 Å². The van der Waals surface area contributed by atoms with E-state index in [-0.39, 0.29) is 24.4 Å². The monoisotopic (exact) mass is 457 g/mol. The zero-order chi connectivity index (χ0) is 22.4. The summed E-state index contributed by atoms with van der Waals surface area (Å²) in [7, 11) is 0. The molecule has 3 aromatic rings. The first-order chi connectivity index (χ1) is 15.4. The second kappa shape index (κ2) is 8.29. The molecule has 0 aliphatic carbocycles. The maximum atomic E-state index is 14.8. The average molecular weight is 458 g/mol. The molecule has 6 nitrogen and oxygen atoms in total. The quantitative estimate of drug-likeness (QED) is 0.548. The van der Waals surface area contributed by atoms with E-state index in [1.165, 1.54) is 23.5 Å². The Morgan fingerprint density at radius 1 is 1.31 bits per heavy atom. The number of nitrogens with two attached hydrogens (primary N) is 1. The summed E-state index contributed by atoms with van der Waals surface area (Å²) in [4.78, 5) is 20.0. The highest BCUT2D eigenvalue weighted by Crippen LogP contribution is 2.33. The lowest BCUT2D eigenvalue weighted by molar-refractivity contribution is 0.0959. The molecule has 0 spiro atoms. The van der Waals surface area contributed by atoms with Gasteiger partial charge in [0, 0.05) is 42.8 Å². The van der Waals surface area contributed by atoms with Crippen LogP contribution in [0.4, 0.5) is 20.2 Å². The molecular weight excluding hydrogens is 432 g/mol. The molecule has 4 N–H and O–H groups in total. The van der Waals surface area contributed by atoms with E-state index in [2.05, 4.69) is 15.6 Å². The van der Waals surface area contributed by atoms with Crippen molar-refractivity contribution in [2.24, 2.45) is 5.92 Å². The molecule has 1 amide bonds. The van der Waals surface area contributed by atoms with Crippen LogP contribution < -0.4 is 21.3 Å². The number of aryl methyl sites for hydroxylation is 1. The van der Waals surface area contributed by atoms with E-state index < -0.39 is 11.6 Å². The van der Waals surface area contributed by atoms with Crippen LogP contribution in [-0.4, -0.2) is 43.1 Å². The summed E-state index contributed by atoms with van der Waals surface area (Å²) in [6.07, 6.45) is 1.26. The number of fused-ring (bicyclic) bond motifs is 2. The van der Waals surface area contributed by atoms with Gasteiger partial charge in [-0.3, -0.25) is 4.79 Å². The predicted molar refractivity (Wildman–Crippen MR) is 123 cm³/mol. The topological polar surface area (TPSA) is 83.3 Å². The molecule has 32 heavy (non-hydrogen) atoms. The molecule has 0 radical (unpaired) electrons. The number of amides is 1. The Hall–Kier alpha value is -2.78. The van der Waals surface area contributed by atoms with Crippen LogP contribution in [0.25, 0.3) is 10.2 Å². The Morgan fingerprint density at radius 2 is 2.16 bits per heavy atom. The van der Waals surface area contributed by atoms with Crippen molar-refractivity contribution in [2.45, 2.75) is 25.8 Å². The predicted octanol–water partition coefficient (Wildman–Crippen LogP) is 3.24. The van der Waals surface area contributed by atoms with Gasteiger partial charge in [0.1, 0.15) is 21.3 Å². The van der Waals surface area contributed by atoms with E-state index in [1.54, 1.807) is 0 Å². The summed E-state index contributed by atoms with van der Waals surface area (Å²) in [5, 5.41) is 6.93. The highest BCUT2D eigenvalue weighted by molar-refractivity contribution is 7.21. The summed E-state index contributed by atoms with van der Waals surface area (Å²) in [6, 6.07) is 6.58. The van der Waals surface area contributed by atoms with E-state index in [4.69, 9.17) is 5.73 Å². The van der Waals surface area contributed by atoms with Crippen LogP contribution >= 0.6 is 11.3 Å². The van der Waals surface area contributed by atoms with Crippen molar-refractivity contribution >= 4 is 38.8 Å². The van der Waals surface area contributed by atoms with Crippen molar-refractivity contribution in [1.82, 2.24) is 15.6 Å². The molecule has 2 saturated heterocycles. The number of rotatable bonds is 5. The number of carbonyl (C=O) groups is 1. The van der Waals surface area contributed by atoms with Crippen molar-refractivity contribution in [3.05, 3.63) is 52.0 Å². The van der Waals surface area contributed by atoms with Crippen molar-refractivity contribution in [3.8, 4) is 0 Å². The van der Waals surface area contributed by atoms with Gasteiger partial charge in [0.25, 0.3) is 5.91 Å². The normalized spacial score (nSPS) is 20.2. The maximum absolute atomic E-state index is 14.8. The number of carbonyl (C=O) groups excluding carboxylic acids is 1. The molecule has 2 aromatic heterocycles. The second-order valence-corrected chi connectivity index (χ2v) is 9.56. The van der Waals surface area contributed by atoms with Gasteiger partial charge >= 0.3 is 0 Å². The van der Waals surface area contributed by atoms with Crippen LogP contribution in [0.1, 0.15) is 27.3 Å². The number of nitrogens with one attached hydrogen (secondary N) is 2. The van der Waals surface area contributed by atoms with Gasteiger partial charge in [-0.1, -0.05) is 0 Å². The number of aromatic nitrogens is 1. The molecule has 0 unspecified atom stereocenters. The summed E-state index contributed by atoms with van der Waals surface area (Å²) >= 11 is 1.23. The van der Waals surface area contributed by atoms with Gasteiger partial charge in [0.2, 0.25) is 0 Å². The fraction of sp³-hybridized carbons (Fsp3) is 0.391. The molecule has 9 heteroatoms. The lowest BCUT2D eigenvalue weighted by Crippen LogP contribution is -2.30. The summed E-state index contributed by atoms with van der Waals surface area (Å²) in [5.41, 5.74) is 7.91. The number of benzene rings is 1. The first kappa shape index (κ1) is 21.1. The van der Waals surface area contributed by atoms with E-state index in [0.29, 0.717) is 39.6 Å². The van der Waals surface area contributed by atoms with Gasteiger partial charge in [-0.05, 0) is 56.0 Å². The number of anilines is 2. The van der Waals surface area contributed by atoms with Crippen molar-refractivity contribution in [2.75, 3.05) is 36.8 Å². The summed E-state index contributed by atoms with van der Waals surface area (Å²) in [6.45, 7) is 4.48. The Bertz CT molecular complexity index is 1180. The number of nitrogens with zero attached hydrogens (tertiary/aromatic N) is 2. The van der Waals surface area contributed by atoms with Crippen LogP contribution in [0, 0.1) is 24.5 Å². The number of pyridine rings is 1. The van der Waals surface area contributed by atoms with Crippen LogP contribution in [-0.2, 0) is 6.42 Å². The maximum Gasteiger partial charge on any atom is 0.263 e. The zero-order valence-electron chi connectivity index (χ0n) is 17.8. The Kier molecular flexibility index (Phi) is 5.46. The highest BCUT2D eigenvalue weighted by atomic mass is 32.1. The first-order valence-electron chi connectivity index (χ1n) is 10.8. The van der Waals surface area contributed by atoms with Gasteiger partial charge in [-0.25, -0.2) is 13.8 Å². The first-order valence-corrected chi connectivity index (χ1v) is 11.6. The summed E-state index contributed by atoms with van der Waals surface area (Å²) < 4.78 is 29.5. The van der Waals surface area contributed by atoms with Gasteiger partial charge in [0.15, 0.2) is 0 Å². The fourth-order valence-corrected chi connectivity index (χ4v) is 5.76. The van der Waals surface area contributed by atoms with Crippen LogP contribution in [0.2, 0.25) is 0 Å². The van der Waals surface area contributed by atoms with Crippen molar-refractivity contribution in [3.63, 3.8) is 0 Å². The third-order valence-corrected chi connectivity index (χ3v) is 7.55. The number of halogens is 2. The Morgan fingerprint density at radius 3 is 2.97 bits per heavy atom. The minimum Gasteiger partial charge on any atom is -0.397 e. The number of hydrogen-bond donors (Lipinski definition) is 3. The standard InChI is InChI=1S/C23H25F2N5OS/c1-12-2-3-15-20(26)21(32-23(15)29-12)22(31)28-7-4-13-8-17(25)19(9-16(13)24)30-10-14-5-6-27-18(14)11-30/h2-3,8-9,14,18,27H,4-7,10-11,26H2,1H3,(H,28,31)/t14-,18+/m1/s1.